The maximum absolute atomic E-state index is 14.6. The van der Waals surface area contributed by atoms with E-state index in [4.69, 9.17) is 29.0 Å². The minimum Gasteiger partial charge on any atom is -0.481 e. The number of piperazine rings is 1. The van der Waals surface area contributed by atoms with Crippen molar-refractivity contribution in [3.05, 3.63) is 68.3 Å². The molecule has 9 nitrogen and oxygen atoms in total. The van der Waals surface area contributed by atoms with Crippen molar-refractivity contribution in [3.8, 4) is 0 Å². The van der Waals surface area contributed by atoms with Gasteiger partial charge in [0.05, 0.1) is 28.8 Å². The number of nitrogens with one attached hydrogen (secondary N) is 1. The second-order valence-corrected chi connectivity index (χ2v) is 13.0. The number of esters is 1. The topological polar surface area (TPSA) is 98.2 Å². The first-order valence-electron chi connectivity index (χ1n) is 13.4. The summed E-state index contributed by atoms with van der Waals surface area (Å²) in [5.41, 5.74) is 0.535. The molecule has 0 spiro atoms. The zero-order valence-corrected chi connectivity index (χ0v) is 25.8. The lowest BCUT2D eigenvalue weighted by atomic mass is 9.86. The fraction of sp³-hybridized carbons (Fsp3) is 0.464. The van der Waals surface area contributed by atoms with Gasteiger partial charge in [-0.15, -0.1) is 24.0 Å². The average Bonchev–Trinajstić information content (AvgIpc) is 3.59. The highest BCUT2D eigenvalue weighted by molar-refractivity contribution is 7.80. The molecule has 0 amide bonds. The number of halogens is 3. The van der Waals surface area contributed by atoms with E-state index in [1.165, 1.54) is 24.5 Å². The van der Waals surface area contributed by atoms with E-state index in [1.54, 1.807) is 26.1 Å². The number of carbonyl (C=O) groups excluding carboxylic acids is 1. The summed E-state index contributed by atoms with van der Waals surface area (Å²) in [6.45, 7) is 6.76. The largest absolute Gasteiger partial charge is 0.481 e. The van der Waals surface area contributed by atoms with Crippen molar-refractivity contribution in [1.82, 2.24) is 25.0 Å². The van der Waals surface area contributed by atoms with Gasteiger partial charge >= 0.3 is 11.9 Å². The molecule has 1 aromatic heterocycles. The van der Waals surface area contributed by atoms with E-state index >= 15 is 0 Å². The van der Waals surface area contributed by atoms with Gasteiger partial charge < -0.3 is 15.2 Å². The second-order valence-electron chi connectivity index (χ2n) is 11.3. The van der Waals surface area contributed by atoms with Gasteiger partial charge in [0.25, 0.3) is 0 Å². The predicted molar refractivity (Wildman–Crippen MR) is 159 cm³/mol. The Hall–Kier alpha value is -2.55. The standard InChI is InChI=1S/C28H32ClF2N5O4S2/c1-28(2,26(38)39)14-35-12-15-11-34(7-8-36(15)27(35)41)13-20-21(25(37)40-3)17(10-19(33-20)24-32-6-9-42-24)16-4-5-18(30)23(31)22(16)29/h4-6,9-10,15,17,27,33,41H,7-8,11-14H2,1-3H3,(H,38,39)/t15-,17?,27?/m0/s1. The van der Waals surface area contributed by atoms with Gasteiger partial charge in [0.1, 0.15) is 10.5 Å². The number of hydrogen-bond donors (Lipinski definition) is 3. The van der Waals surface area contributed by atoms with E-state index in [-0.39, 0.29) is 22.7 Å². The number of carboxylic acid groups (broad SMARTS) is 1. The summed E-state index contributed by atoms with van der Waals surface area (Å²) in [7, 11) is 1.27. The van der Waals surface area contributed by atoms with Gasteiger partial charge in [0.15, 0.2) is 11.6 Å². The van der Waals surface area contributed by atoms with Crippen LogP contribution in [0.15, 0.2) is 41.1 Å². The Balaban J connectivity index is 1.45. The van der Waals surface area contributed by atoms with Crippen LogP contribution in [0.1, 0.15) is 30.3 Å². The van der Waals surface area contributed by atoms with Gasteiger partial charge in [-0.05, 0) is 31.6 Å². The number of allylic oxidation sites excluding steroid dienone is 1. The third-order valence-corrected chi connectivity index (χ3v) is 9.78. The van der Waals surface area contributed by atoms with Gasteiger partial charge in [-0.25, -0.2) is 18.6 Å². The molecule has 2 fully saturated rings. The highest BCUT2D eigenvalue weighted by atomic mass is 35.5. The maximum Gasteiger partial charge on any atom is 0.336 e. The maximum atomic E-state index is 14.6. The molecule has 14 heteroatoms. The SMILES string of the molecule is COC(=O)C1=C(CN2CCN3C(S)N(CC(C)(C)C(=O)O)C[C@@H]3C2)NC(c2nccs2)=CC1c1ccc(F)c(F)c1Cl. The fourth-order valence-electron chi connectivity index (χ4n) is 5.77. The Morgan fingerprint density at radius 2 is 2.05 bits per heavy atom. The van der Waals surface area contributed by atoms with E-state index in [0.29, 0.717) is 55.7 Å². The molecule has 42 heavy (non-hydrogen) atoms. The van der Waals surface area contributed by atoms with Crippen LogP contribution in [0.2, 0.25) is 5.02 Å². The number of ether oxygens (including phenoxy) is 1. The third kappa shape index (κ3) is 5.95. The Morgan fingerprint density at radius 1 is 1.29 bits per heavy atom. The van der Waals surface area contributed by atoms with Gasteiger partial charge in [0.2, 0.25) is 0 Å². The first-order valence-corrected chi connectivity index (χ1v) is 15.2. The monoisotopic (exact) mass is 639 g/mol. The summed E-state index contributed by atoms with van der Waals surface area (Å²) in [6.07, 6.45) is 3.39. The molecular formula is C28H32ClF2N5O4S2. The molecule has 0 saturated carbocycles. The number of dihydropyridines is 1. The van der Waals surface area contributed by atoms with Gasteiger partial charge in [0, 0.05) is 68.5 Å². The van der Waals surface area contributed by atoms with Crippen LogP contribution in [-0.4, -0.2) is 94.6 Å². The van der Waals surface area contributed by atoms with E-state index in [1.807, 2.05) is 5.38 Å². The van der Waals surface area contributed by atoms with Crippen molar-refractivity contribution >= 4 is 53.2 Å². The number of thiazole rings is 1. The van der Waals surface area contributed by atoms with Crippen LogP contribution in [0.3, 0.4) is 0 Å². The summed E-state index contributed by atoms with van der Waals surface area (Å²) in [4.78, 5) is 35.9. The van der Waals surface area contributed by atoms with Crippen molar-refractivity contribution in [3.63, 3.8) is 0 Å². The van der Waals surface area contributed by atoms with E-state index in [2.05, 4.69) is 25.0 Å². The summed E-state index contributed by atoms with van der Waals surface area (Å²) in [5.74, 6) is -4.56. The molecule has 3 aliphatic heterocycles. The fourth-order valence-corrected chi connectivity index (χ4v) is 7.13. The number of nitrogens with zero attached hydrogens (tertiary/aromatic N) is 4. The zero-order chi connectivity index (χ0) is 30.3. The number of carbonyl (C=O) groups is 2. The van der Waals surface area contributed by atoms with Crippen molar-refractivity contribution in [2.75, 3.05) is 46.4 Å². The number of hydrogen-bond acceptors (Lipinski definition) is 10. The summed E-state index contributed by atoms with van der Waals surface area (Å²) >= 11 is 12.5. The van der Waals surface area contributed by atoms with Crippen LogP contribution in [0.25, 0.3) is 5.70 Å². The Kier molecular flexibility index (Phi) is 8.98. The van der Waals surface area contributed by atoms with Crippen LogP contribution < -0.4 is 5.32 Å². The molecule has 4 heterocycles. The molecule has 3 aliphatic rings. The molecule has 0 aliphatic carbocycles. The molecular weight excluding hydrogens is 608 g/mol. The molecule has 226 valence electrons. The molecule has 2 N–H and O–H groups in total. The van der Waals surface area contributed by atoms with Crippen LogP contribution in [-0.2, 0) is 14.3 Å². The van der Waals surface area contributed by atoms with E-state index in [0.717, 1.165) is 6.07 Å². The van der Waals surface area contributed by atoms with Crippen molar-refractivity contribution < 1.29 is 28.2 Å². The molecule has 5 rings (SSSR count). The molecule has 3 atom stereocenters. The minimum atomic E-state index is -1.18. The predicted octanol–water partition coefficient (Wildman–Crippen LogP) is 3.86. The smallest absolute Gasteiger partial charge is 0.336 e. The lowest BCUT2D eigenvalue weighted by Crippen LogP contribution is -2.53. The highest BCUT2D eigenvalue weighted by Gasteiger charge is 2.44. The highest BCUT2D eigenvalue weighted by Crippen LogP contribution is 2.40. The van der Waals surface area contributed by atoms with E-state index < -0.39 is 39.9 Å². The molecule has 2 aromatic rings. The van der Waals surface area contributed by atoms with Gasteiger partial charge in [-0.1, -0.05) is 17.7 Å². The normalized spacial score (nSPS) is 23.9. The van der Waals surface area contributed by atoms with Crippen LogP contribution >= 0.6 is 35.6 Å². The number of fused-ring (bicyclic) bond motifs is 1. The molecule has 0 bridgehead atoms. The van der Waals surface area contributed by atoms with Crippen LogP contribution in [0, 0.1) is 17.0 Å². The Morgan fingerprint density at radius 3 is 2.71 bits per heavy atom. The summed E-state index contributed by atoms with van der Waals surface area (Å²) < 4.78 is 33.7. The summed E-state index contributed by atoms with van der Waals surface area (Å²) in [6, 6.07) is 2.47. The van der Waals surface area contributed by atoms with Crippen molar-refractivity contribution in [2.45, 2.75) is 31.3 Å². The van der Waals surface area contributed by atoms with Crippen LogP contribution in [0.4, 0.5) is 8.78 Å². The van der Waals surface area contributed by atoms with E-state index in [9.17, 15) is 23.5 Å². The number of carboxylic acids is 1. The number of methoxy groups -OCH3 is 1. The number of rotatable bonds is 8. The first-order chi connectivity index (χ1) is 19.9. The minimum absolute atomic E-state index is 0.0991. The Labute approximate surface area is 257 Å². The van der Waals surface area contributed by atoms with Gasteiger partial charge in [-0.2, -0.15) is 0 Å². The number of benzene rings is 1. The average molecular weight is 640 g/mol. The lowest BCUT2D eigenvalue weighted by Gasteiger charge is -2.39. The molecule has 0 radical (unpaired) electrons. The third-order valence-electron chi connectivity index (χ3n) is 7.96. The van der Waals surface area contributed by atoms with Gasteiger partial charge in [-0.3, -0.25) is 19.5 Å². The second kappa shape index (κ2) is 12.2. The van der Waals surface area contributed by atoms with Crippen LogP contribution in [0.5, 0.6) is 0 Å². The number of aromatic nitrogens is 1. The molecule has 2 unspecified atom stereocenters. The van der Waals surface area contributed by atoms with Crippen molar-refractivity contribution in [1.29, 1.82) is 0 Å². The Bertz CT molecular complexity index is 1440. The quantitative estimate of drug-likeness (QED) is 0.226. The lowest BCUT2D eigenvalue weighted by molar-refractivity contribution is -0.148. The number of thiol groups is 1. The summed E-state index contributed by atoms with van der Waals surface area (Å²) in [5, 5.41) is 15.1. The zero-order valence-electron chi connectivity index (χ0n) is 23.3. The molecule has 2 saturated heterocycles. The van der Waals surface area contributed by atoms with Crippen molar-refractivity contribution in [2.24, 2.45) is 5.41 Å². The molecule has 1 aromatic carbocycles. The number of aliphatic carboxylic acids is 1. The first kappa shape index (κ1) is 30.9.